The molecule has 0 heteroatoms. The first-order valence-corrected chi connectivity index (χ1v) is 10.0. The largest absolute Gasteiger partial charge is 0.0622 e. The molecule has 0 unspecified atom stereocenters. The molecule has 4 aromatic rings. The first kappa shape index (κ1) is 18.3. The van der Waals surface area contributed by atoms with Crippen LogP contribution in [0.2, 0.25) is 0 Å². The Kier molecular flexibility index (Phi) is 5.39. The predicted molar refractivity (Wildman–Crippen MR) is 119 cm³/mol. The number of rotatable bonds is 6. The van der Waals surface area contributed by atoms with Crippen molar-refractivity contribution in [2.75, 3.05) is 0 Å². The highest BCUT2D eigenvalue weighted by Crippen LogP contribution is 2.38. The van der Waals surface area contributed by atoms with Crippen LogP contribution in [0.5, 0.6) is 0 Å². The van der Waals surface area contributed by atoms with Crippen LogP contribution >= 0.6 is 0 Å². The summed E-state index contributed by atoms with van der Waals surface area (Å²) < 4.78 is 0. The molecule has 4 aromatic carbocycles. The van der Waals surface area contributed by atoms with E-state index in [4.69, 9.17) is 0 Å². The molecule has 0 spiro atoms. The molecule has 0 radical (unpaired) electrons. The van der Waals surface area contributed by atoms with Crippen molar-refractivity contribution in [3.8, 4) is 0 Å². The minimum absolute atomic E-state index is 0.166. The third-order valence-corrected chi connectivity index (χ3v) is 5.78. The maximum absolute atomic E-state index is 2.33. The van der Waals surface area contributed by atoms with Gasteiger partial charge in [-0.1, -0.05) is 115 Å². The maximum Gasteiger partial charge on any atom is 0.0423 e. The summed E-state index contributed by atoms with van der Waals surface area (Å²) in [6, 6.07) is 41.5. The van der Waals surface area contributed by atoms with Gasteiger partial charge in [-0.05, 0) is 47.6 Å². The van der Waals surface area contributed by atoms with E-state index in [1.54, 1.807) is 0 Å². The fourth-order valence-electron chi connectivity index (χ4n) is 3.98. The quantitative estimate of drug-likeness (QED) is 0.330. The van der Waals surface area contributed by atoms with Crippen LogP contribution in [0.3, 0.4) is 0 Å². The highest BCUT2D eigenvalue weighted by molar-refractivity contribution is 5.49. The zero-order valence-electron chi connectivity index (χ0n) is 16.4. The van der Waals surface area contributed by atoms with Gasteiger partial charge in [-0.25, -0.2) is 0 Å². The SMILES string of the molecule is CC(c1ccccc1)(c1ccccc1)c1ccc(CCc2ccccc2)cc1. The molecular weight excluding hydrogens is 336 g/mol. The van der Waals surface area contributed by atoms with Gasteiger partial charge < -0.3 is 0 Å². The van der Waals surface area contributed by atoms with Crippen LogP contribution in [0.15, 0.2) is 115 Å². The van der Waals surface area contributed by atoms with Crippen LogP contribution in [0.25, 0.3) is 0 Å². The van der Waals surface area contributed by atoms with Crippen molar-refractivity contribution in [1.29, 1.82) is 0 Å². The van der Waals surface area contributed by atoms with Crippen LogP contribution < -0.4 is 0 Å². The van der Waals surface area contributed by atoms with Gasteiger partial charge >= 0.3 is 0 Å². The Labute approximate surface area is 168 Å². The molecule has 0 aliphatic rings. The van der Waals surface area contributed by atoms with Gasteiger partial charge in [-0.15, -0.1) is 0 Å². The Morgan fingerprint density at radius 1 is 0.429 bits per heavy atom. The lowest BCUT2D eigenvalue weighted by atomic mass is 9.71. The van der Waals surface area contributed by atoms with Crippen molar-refractivity contribution in [3.05, 3.63) is 143 Å². The molecular formula is C28H26. The zero-order chi connectivity index (χ0) is 19.2. The van der Waals surface area contributed by atoms with Crippen molar-refractivity contribution in [2.45, 2.75) is 25.2 Å². The monoisotopic (exact) mass is 362 g/mol. The van der Waals surface area contributed by atoms with E-state index < -0.39 is 0 Å². The van der Waals surface area contributed by atoms with Crippen LogP contribution in [0.4, 0.5) is 0 Å². The number of benzene rings is 4. The second-order valence-corrected chi connectivity index (χ2v) is 7.54. The van der Waals surface area contributed by atoms with Gasteiger partial charge in [-0.3, -0.25) is 0 Å². The second kappa shape index (κ2) is 8.27. The van der Waals surface area contributed by atoms with Crippen LogP contribution in [0.1, 0.15) is 34.7 Å². The maximum atomic E-state index is 2.33. The lowest BCUT2D eigenvalue weighted by molar-refractivity contribution is 0.692. The van der Waals surface area contributed by atoms with Gasteiger partial charge in [0.2, 0.25) is 0 Å². The van der Waals surface area contributed by atoms with E-state index in [9.17, 15) is 0 Å². The predicted octanol–water partition coefficient (Wildman–Crippen LogP) is 6.83. The standard InChI is InChI=1S/C28H26/c1-28(25-13-7-3-8-14-25,26-15-9-4-10-16-26)27-21-19-24(20-22-27)18-17-23-11-5-2-6-12-23/h2-16,19-22H,17-18H2,1H3. The van der Waals surface area contributed by atoms with Crippen molar-refractivity contribution in [1.82, 2.24) is 0 Å². The van der Waals surface area contributed by atoms with Gasteiger partial charge in [-0.2, -0.15) is 0 Å². The van der Waals surface area contributed by atoms with E-state index in [1.807, 2.05) is 0 Å². The van der Waals surface area contributed by atoms with Gasteiger partial charge in [0.1, 0.15) is 0 Å². The van der Waals surface area contributed by atoms with E-state index in [-0.39, 0.29) is 5.41 Å². The van der Waals surface area contributed by atoms with Gasteiger partial charge in [0.05, 0.1) is 0 Å². The summed E-state index contributed by atoms with van der Waals surface area (Å²) in [6.07, 6.45) is 2.15. The van der Waals surface area contributed by atoms with Crippen molar-refractivity contribution in [2.24, 2.45) is 0 Å². The molecule has 0 N–H and O–H groups in total. The average molecular weight is 363 g/mol. The minimum atomic E-state index is -0.166. The van der Waals surface area contributed by atoms with Crippen molar-refractivity contribution >= 4 is 0 Å². The third kappa shape index (κ3) is 3.77. The molecule has 0 aliphatic heterocycles. The number of hydrogen-bond acceptors (Lipinski definition) is 0. The normalized spacial score (nSPS) is 11.3. The summed E-state index contributed by atoms with van der Waals surface area (Å²) in [6.45, 7) is 2.33. The smallest absolute Gasteiger partial charge is 0.0423 e. The molecule has 0 atom stereocenters. The third-order valence-electron chi connectivity index (χ3n) is 5.78. The van der Waals surface area contributed by atoms with E-state index >= 15 is 0 Å². The summed E-state index contributed by atoms with van der Waals surface area (Å²) >= 11 is 0. The summed E-state index contributed by atoms with van der Waals surface area (Å²) in [4.78, 5) is 0. The zero-order valence-corrected chi connectivity index (χ0v) is 16.4. The highest BCUT2D eigenvalue weighted by Gasteiger charge is 2.30. The molecule has 0 aliphatic carbocycles. The van der Waals surface area contributed by atoms with Gasteiger partial charge in [0, 0.05) is 5.41 Å². The highest BCUT2D eigenvalue weighted by atomic mass is 14.3. The van der Waals surface area contributed by atoms with E-state index in [1.165, 1.54) is 27.8 Å². The molecule has 0 nitrogen and oxygen atoms in total. The van der Waals surface area contributed by atoms with Crippen LogP contribution in [-0.4, -0.2) is 0 Å². The molecule has 4 rings (SSSR count). The van der Waals surface area contributed by atoms with Gasteiger partial charge in [0.15, 0.2) is 0 Å². The van der Waals surface area contributed by atoms with Crippen LogP contribution in [-0.2, 0) is 18.3 Å². The Hall–Kier alpha value is -3.12. The van der Waals surface area contributed by atoms with Gasteiger partial charge in [0.25, 0.3) is 0 Å². The lowest BCUT2D eigenvalue weighted by Gasteiger charge is -2.32. The summed E-state index contributed by atoms with van der Waals surface area (Å²) in [5.74, 6) is 0. The number of hydrogen-bond donors (Lipinski definition) is 0. The Balaban J connectivity index is 1.64. The molecule has 0 saturated heterocycles. The fraction of sp³-hybridized carbons (Fsp3) is 0.143. The molecule has 0 aromatic heterocycles. The lowest BCUT2D eigenvalue weighted by Crippen LogP contribution is -2.25. The summed E-state index contributed by atoms with van der Waals surface area (Å²) in [5, 5.41) is 0. The Morgan fingerprint density at radius 3 is 1.25 bits per heavy atom. The van der Waals surface area contributed by atoms with E-state index in [0.29, 0.717) is 0 Å². The molecule has 0 amide bonds. The molecule has 0 bridgehead atoms. The molecule has 0 heterocycles. The minimum Gasteiger partial charge on any atom is -0.0622 e. The fourth-order valence-corrected chi connectivity index (χ4v) is 3.98. The first-order valence-electron chi connectivity index (χ1n) is 10.0. The second-order valence-electron chi connectivity index (χ2n) is 7.54. The molecule has 0 fully saturated rings. The van der Waals surface area contributed by atoms with Crippen molar-refractivity contribution in [3.63, 3.8) is 0 Å². The Bertz CT molecular complexity index is 945. The average Bonchev–Trinajstić information content (AvgIpc) is 2.79. The summed E-state index contributed by atoms with van der Waals surface area (Å²) in [5.41, 5.74) is 6.58. The molecule has 0 saturated carbocycles. The number of aryl methyl sites for hydroxylation is 2. The Morgan fingerprint density at radius 2 is 0.786 bits per heavy atom. The molecule has 138 valence electrons. The topological polar surface area (TPSA) is 0 Å². The van der Waals surface area contributed by atoms with Crippen LogP contribution in [0, 0.1) is 0 Å². The molecule has 28 heavy (non-hydrogen) atoms. The van der Waals surface area contributed by atoms with Crippen molar-refractivity contribution < 1.29 is 0 Å². The van der Waals surface area contributed by atoms with E-state index in [0.717, 1.165) is 12.8 Å². The summed E-state index contributed by atoms with van der Waals surface area (Å²) in [7, 11) is 0. The first-order chi connectivity index (χ1) is 13.8. The van der Waals surface area contributed by atoms with E-state index in [2.05, 4.69) is 122 Å².